The van der Waals surface area contributed by atoms with Crippen LogP contribution in [0.4, 0.5) is 0 Å². The van der Waals surface area contributed by atoms with Gasteiger partial charge in [0.25, 0.3) is 5.91 Å². The highest BCUT2D eigenvalue weighted by Gasteiger charge is 2.27. The normalized spacial score (nSPS) is 22.0. The van der Waals surface area contributed by atoms with Gasteiger partial charge in [0.15, 0.2) is 0 Å². The third kappa shape index (κ3) is 7.30. The lowest BCUT2D eigenvalue weighted by atomic mass is 10.1. The van der Waals surface area contributed by atoms with Gasteiger partial charge in [-0.25, -0.2) is 0 Å². The van der Waals surface area contributed by atoms with E-state index in [1.54, 1.807) is 12.0 Å². The molecular formula is C22H35N3O5. The fourth-order valence-corrected chi connectivity index (χ4v) is 3.98. The topological polar surface area (TPSA) is 74.7 Å². The molecule has 2 heterocycles. The van der Waals surface area contributed by atoms with E-state index < -0.39 is 6.10 Å². The van der Waals surface area contributed by atoms with Crippen LogP contribution < -0.4 is 0 Å². The van der Waals surface area contributed by atoms with Crippen LogP contribution in [0.25, 0.3) is 0 Å². The number of aliphatic hydroxyl groups excluding tert-OH is 1. The van der Waals surface area contributed by atoms with E-state index in [4.69, 9.17) is 14.2 Å². The number of carbonyl (C=O) groups excluding carboxylic acids is 1. The van der Waals surface area contributed by atoms with Crippen LogP contribution in [0.1, 0.15) is 10.4 Å². The molecule has 1 amide bonds. The van der Waals surface area contributed by atoms with Gasteiger partial charge in [-0.1, -0.05) is 18.2 Å². The lowest BCUT2D eigenvalue weighted by molar-refractivity contribution is -0.0564. The van der Waals surface area contributed by atoms with E-state index >= 15 is 0 Å². The first-order valence-electron chi connectivity index (χ1n) is 10.8. The summed E-state index contributed by atoms with van der Waals surface area (Å²) >= 11 is 0. The first-order chi connectivity index (χ1) is 14.7. The Bertz CT molecular complexity index is 626. The minimum absolute atomic E-state index is 0.0132. The molecule has 168 valence electrons. The van der Waals surface area contributed by atoms with Crippen molar-refractivity contribution in [1.82, 2.24) is 14.7 Å². The molecule has 2 aliphatic heterocycles. The van der Waals surface area contributed by atoms with Crippen LogP contribution in [0.2, 0.25) is 0 Å². The Hall–Kier alpha value is -1.55. The molecule has 2 fully saturated rings. The van der Waals surface area contributed by atoms with Crippen molar-refractivity contribution in [1.29, 1.82) is 0 Å². The van der Waals surface area contributed by atoms with Crippen LogP contribution in [-0.4, -0.2) is 124 Å². The molecule has 0 unspecified atom stereocenters. The molecule has 1 aromatic rings. The summed E-state index contributed by atoms with van der Waals surface area (Å²) in [4.78, 5) is 19.2. The zero-order valence-corrected chi connectivity index (χ0v) is 17.9. The van der Waals surface area contributed by atoms with Gasteiger partial charge in [-0.3, -0.25) is 14.6 Å². The summed E-state index contributed by atoms with van der Waals surface area (Å²) in [5, 5.41) is 10.5. The number of hydrogen-bond donors (Lipinski definition) is 1. The Morgan fingerprint density at radius 2 is 1.87 bits per heavy atom. The van der Waals surface area contributed by atoms with E-state index in [0.717, 1.165) is 32.8 Å². The highest BCUT2D eigenvalue weighted by Crippen LogP contribution is 2.12. The molecule has 0 spiro atoms. The molecule has 8 heteroatoms. The fraction of sp³-hybridized carbons (Fsp3) is 0.682. The minimum Gasteiger partial charge on any atom is -0.390 e. The number of carbonyl (C=O) groups is 1. The van der Waals surface area contributed by atoms with Gasteiger partial charge in [-0.05, 0) is 12.1 Å². The minimum atomic E-state index is -0.405. The second-order valence-corrected chi connectivity index (χ2v) is 7.93. The Balaban J connectivity index is 1.51. The maximum absolute atomic E-state index is 13.0. The van der Waals surface area contributed by atoms with Crippen LogP contribution in [0.5, 0.6) is 0 Å². The molecule has 2 atom stereocenters. The Morgan fingerprint density at radius 1 is 1.17 bits per heavy atom. The Morgan fingerprint density at radius 3 is 2.60 bits per heavy atom. The molecule has 8 nitrogen and oxygen atoms in total. The second kappa shape index (κ2) is 12.3. The smallest absolute Gasteiger partial charge is 0.254 e. The van der Waals surface area contributed by atoms with Gasteiger partial charge in [0.05, 0.1) is 38.6 Å². The maximum Gasteiger partial charge on any atom is 0.254 e. The van der Waals surface area contributed by atoms with Gasteiger partial charge in [0.1, 0.15) is 0 Å². The number of amides is 1. The molecule has 3 rings (SSSR count). The number of ether oxygens (including phenoxy) is 3. The first kappa shape index (κ1) is 23.1. The maximum atomic E-state index is 13.0. The molecule has 1 aromatic carbocycles. The SMILES string of the molecule is COCCN(C[C@H]1CN(C[C@H](O)CN2CCOCC2)CCO1)C(=O)c1ccccc1. The van der Waals surface area contributed by atoms with Crippen molar-refractivity contribution in [2.24, 2.45) is 0 Å². The molecule has 30 heavy (non-hydrogen) atoms. The molecule has 0 bridgehead atoms. The highest BCUT2D eigenvalue weighted by atomic mass is 16.5. The number of methoxy groups -OCH3 is 1. The number of benzene rings is 1. The average molecular weight is 422 g/mol. The first-order valence-corrected chi connectivity index (χ1v) is 10.8. The lowest BCUT2D eigenvalue weighted by Gasteiger charge is -2.37. The second-order valence-electron chi connectivity index (χ2n) is 7.93. The van der Waals surface area contributed by atoms with Crippen molar-refractivity contribution < 1.29 is 24.1 Å². The molecular weight excluding hydrogens is 386 g/mol. The Labute approximate surface area is 179 Å². The largest absolute Gasteiger partial charge is 0.390 e. The third-order valence-electron chi connectivity index (χ3n) is 5.56. The zero-order chi connectivity index (χ0) is 21.2. The van der Waals surface area contributed by atoms with Crippen molar-refractivity contribution in [2.75, 3.05) is 85.9 Å². The van der Waals surface area contributed by atoms with E-state index in [1.165, 1.54) is 0 Å². The van der Waals surface area contributed by atoms with Gasteiger partial charge in [-0.2, -0.15) is 0 Å². The van der Waals surface area contributed by atoms with Crippen molar-refractivity contribution in [2.45, 2.75) is 12.2 Å². The van der Waals surface area contributed by atoms with Crippen LogP contribution in [0, 0.1) is 0 Å². The number of nitrogens with zero attached hydrogens (tertiary/aromatic N) is 3. The summed E-state index contributed by atoms with van der Waals surface area (Å²) < 4.78 is 16.5. The summed E-state index contributed by atoms with van der Waals surface area (Å²) in [6.45, 7) is 8.10. The molecule has 0 aromatic heterocycles. The fourth-order valence-electron chi connectivity index (χ4n) is 3.98. The summed E-state index contributed by atoms with van der Waals surface area (Å²) in [6, 6.07) is 9.31. The van der Waals surface area contributed by atoms with E-state index in [-0.39, 0.29) is 12.0 Å². The monoisotopic (exact) mass is 421 g/mol. The van der Waals surface area contributed by atoms with Crippen molar-refractivity contribution >= 4 is 5.91 Å². The van der Waals surface area contributed by atoms with Crippen molar-refractivity contribution in [3.05, 3.63) is 35.9 Å². The summed E-state index contributed by atoms with van der Waals surface area (Å²) in [5.74, 6) is -0.0132. The van der Waals surface area contributed by atoms with Crippen LogP contribution in [0.3, 0.4) is 0 Å². The number of rotatable bonds is 10. The number of hydrogen-bond acceptors (Lipinski definition) is 7. The van der Waals surface area contributed by atoms with E-state index in [1.807, 2.05) is 30.3 Å². The van der Waals surface area contributed by atoms with Crippen molar-refractivity contribution in [3.63, 3.8) is 0 Å². The van der Waals surface area contributed by atoms with E-state index in [2.05, 4.69) is 9.80 Å². The molecule has 2 aliphatic rings. The van der Waals surface area contributed by atoms with Crippen LogP contribution in [0.15, 0.2) is 30.3 Å². The average Bonchev–Trinajstić information content (AvgIpc) is 2.77. The van der Waals surface area contributed by atoms with Crippen molar-refractivity contribution in [3.8, 4) is 0 Å². The standard InChI is InChI=1S/C22H35N3O5/c1-28-11-10-25(22(27)19-5-3-2-4-6-19)18-21-17-24(9-14-30-21)16-20(26)15-23-7-12-29-13-8-23/h2-6,20-21,26H,7-18H2,1H3/t20-,21-/m1/s1. The molecule has 2 saturated heterocycles. The van der Waals surface area contributed by atoms with E-state index in [9.17, 15) is 9.90 Å². The lowest BCUT2D eigenvalue weighted by Crippen LogP contribution is -2.52. The number of aliphatic hydroxyl groups is 1. The van der Waals surface area contributed by atoms with Gasteiger partial charge in [0, 0.05) is 65.0 Å². The molecule has 1 N–H and O–H groups in total. The predicted molar refractivity (Wildman–Crippen MR) is 114 cm³/mol. The third-order valence-corrected chi connectivity index (χ3v) is 5.56. The number of morpholine rings is 2. The Kier molecular flexibility index (Phi) is 9.51. The van der Waals surface area contributed by atoms with E-state index in [0.29, 0.717) is 51.5 Å². The van der Waals surface area contributed by atoms with Crippen LogP contribution >= 0.6 is 0 Å². The predicted octanol–water partition coefficient (Wildman–Crippen LogP) is 0.169. The summed E-state index contributed by atoms with van der Waals surface area (Å²) in [7, 11) is 1.64. The quantitative estimate of drug-likeness (QED) is 0.577. The molecule has 0 saturated carbocycles. The summed E-state index contributed by atoms with van der Waals surface area (Å²) in [6.07, 6.45) is -0.490. The van der Waals surface area contributed by atoms with Crippen LogP contribution in [-0.2, 0) is 14.2 Å². The zero-order valence-electron chi connectivity index (χ0n) is 17.9. The van der Waals surface area contributed by atoms with Gasteiger partial charge < -0.3 is 24.2 Å². The molecule has 0 aliphatic carbocycles. The van der Waals surface area contributed by atoms with Gasteiger partial charge >= 0.3 is 0 Å². The molecule has 0 radical (unpaired) electrons. The van der Waals surface area contributed by atoms with Gasteiger partial charge in [-0.15, -0.1) is 0 Å². The summed E-state index contributed by atoms with van der Waals surface area (Å²) in [5.41, 5.74) is 0.669. The van der Waals surface area contributed by atoms with Gasteiger partial charge in [0.2, 0.25) is 0 Å². The number of β-amino-alcohol motifs (C(OH)–C–C–N with tert-alkyl or cyclic N) is 1. The highest BCUT2D eigenvalue weighted by molar-refractivity contribution is 5.94.